The third kappa shape index (κ3) is 2.99. The molecule has 1 amide bonds. The molecular formula is C15H19NO4. The van der Waals surface area contributed by atoms with Crippen molar-refractivity contribution in [3.8, 4) is 0 Å². The second-order valence-corrected chi connectivity index (χ2v) is 5.21. The summed E-state index contributed by atoms with van der Waals surface area (Å²) < 4.78 is 5.04. The number of benzene rings is 1. The highest BCUT2D eigenvalue weighted by molar-refractivity contribution is 5.97. The topological polar surface area (TPSA) is 66.8 Å². The Bertz CT molecular complexity index is 527. The first kappa shape index (κ1) is 14.5. The average Bonchev–Trinajstić information content (AvgIpc) is 2.81. The molecule has 5 heteroatoms. The zero-order chi connectivity index (χ0) is 14.7. The monoisotopic (exact) mass is 277 g/mol. The van der Waals surface area contributed by atoms with Crippen LogP contribution in [0.5, 0.6) is 0 Å². The Labute approximate surface area is 118 Å². The van der Waals surface area contributed by atoms with E-state index in [0.717, 1.165) is 11.3 Å². The van der Waals surface area contributed by atoms with Crippen LogP contribution in [0.2, 0.25) is 0 Å². The molecule has 0 saturated carbocycles. The van der Waals surface area contributed by atoms with Crippen LogP contribution in [0.1, 0.15) is 29.3 Å². The van der Waals surface area contributed by atoms with Crippen molar-refractivity contribution in [1.29, 1.82) is 0 Å². The zero-order valence-corrected chi connectivity index (χ0v) is 11.8. The summed E-state index contributed by atoms with van der Waals surface area (Å²) in [6, 6.07) is 4.93. The molecule has 0 aliphatic carbocycles. The molecule has 1 atom stereocenters. The number of fused-ring (bicyclic) bond motifs is 1. The number of anilines is 1. The van der Waals surface area contributed by atoms with Gasteiger partial charge in [0.05, 0.1) is 5.56 Å². The highest BCUT2D eigenvalue weighted by Gasteiger charge is 2.26. The number of ether oxygens (including phenoxy) is 1. The normalized spacial score (nSPS) is 15.0. The van der Waals surface area contributed by atoms with Gasteiger partial charge in [0.1, 0.15) is 0 Å². The maximum atomic E-state index is 12.3. The first-order valence-corrected chi connectivity index (χ1v) is 6.68. The largest absolute Gasteiger partial charge is 0.478 e. The molecule has 1 N–H and O–H groups in total. The standard InChI is InChI=1S/C15H19NO4/c1-10(9-20-2)7-14(17)16-6-5-11-8-12(15(18)19)3-4-13(11)16/h3-4,8,10H,5-7,9H2,1-2H3,(H,18,19). The maximum absolute atomic E-state index is 12.3. The Kier molecular flexibility index (Phi) is 4.39. The molecule has 1 aliphatic rings. The summed E-state index contributed by atoms with van der Waals surface area (Å²) >= 11 is 0. The molecule has 1 unspecified atom stereocenters. The lowest BCUT2D eigenvalue weighted by Crippen LogP contribution is -2.30. The number of hydrogen-bond acceptors (Lipinski definition) is 3. The third-order valence-electron chi connectivity index (χ3n) is 3.50. The third-order valence-corrected chi connectivity index (χ3v) is 3.50. The zero-order valence-electron chi connectivity index (χ0n) is 11.8. The van der Waals surface area contributed by atoms with E-state index in [9.17, 15) is 9.59 Å². The Morgan fingerprint density at radius 3 is 2.85 bits per heavy atom. The molecule has 108 valence electrons. The summed E-state index contributed by atoms with van der Waals surface area (Å²) in [5.74, 6) is -0.697. The Hall–Kier alpha value is -1.88. The minimum Gasteiger partial charge on any atom is -0.478 e. The van der Waals surface area contributed by atoms with Gasteiger partial charge in [-0.15, -0.1) is 0 Å². The number of carboxylic acid groups (broad SMARTS) is 1. The molecule has 0 aromatic heterocycles. The number of methoxy groups -OCH3 is 1. The predicted octanol–water partition coefficient (Wildman–Crippen LogP) is 1.95. The van der Waals surface area contributed by atoms with Gasteiger partial charge in [-0.1, -0.05) is 6.92 Å². The van der Waals surface area contributed by atoms with Crippen molar-refractivity contribution in [3.05, 3.63) is 29.3 Å². The second kappa shape index (κ2) is 6.05. The van der Waals surface area contributed by atoms with Crippen LogP contribution in [0.4, 0.5) is 5.69 Å². The van der Waals surface area contributed by atoms with Gasteiger partial charge >= 0.3 is 5.97 Å². The van der Waals surface area contributed by atoms with Crippen LogP contribution in [0.15, 0.2) is 18.2 Å². The van der Waals surface area contributed by atoms with Gasteiger partial charge in [0.2, 0.25) is 5.91 Å². The molecule has 20 heavy (non-hydrogen) atoms. The highest BCUT2D eigenvalue weighted by Crippen LogP contribution is 2.30. The van der Waals surface area contributed by atoms with E-state index >= 15 is 0 Å². The minimum absolute atomic E-state index is 0.0661. The van der Waals surface area contributed by atoms with Gasteiger partial charge in [0.15, 0.2) is 0 Å². The average molecular weight is 277 g/mol. The summed E-state index contributed by atoms with van der Waals surface area (Å²) in [5, 5.41) is 8.97. The van der Waals surface area contributed by atoms with E-state index in [1.54, 1.807) is 30.2 Å². The Morgan fingerprint density at radius 2 is 2.20 bits per heavy atom. The number of hydrogen-bond donors (Lipinski definition) is 1. The fraction of sp³-hybridized carbons (Fsp3) is 0.467. The van der Waals surface area contributed by atoms with Gasteiger partial charge in [-0.3, -0.25) is 4.79 Å². The van der Waals surface area contributed by atoms with Crippen molar-refractivity contribution in [2.45, 2.75) is 19.8 Å². The maximum Gasteiger partial charge on any atom is 0.335 e. The second-order valence-electron chi connectivity index (χ2n) is 5.21. The lowest BCUT2D eigenvalue weighted by molar-refractivity contribution is -0.119. The van der Waals surface area contributed by atoms with E-state index in [0.29, 0.717) is 26.0 Å². The fourth-order valence-electron chi connectivity index (χ4n) is 2.55. The lowest BCUT2D eigenvalue weighted by Gasteiger charge is -2.19. The number of carbonyl (C=O) groups is 2. The molecule has 1 aromatic rings. The molecule has 1 heterocycles. The van der Waals surface area contributed by atoms with Crippen LogP contribution in [-0.4, -0.2) is 37.2 Å². The smallest absolute Gasteiger partial charge is 0.335 e. The molecule has 0 bridgehead atoms. The SMILES string of the molecule is COCC(C)CC(=O)N1CCc2cc(C(=O)O)ccc21. The fourth-order valence-corrected chi connectivity index (χ4v) is 2.55. The summed E-state index contributed by atoms with van der Waals surface area (Å²) in [7, 11) is 1.62. The minimum atomic E-state index is -0.939. The highest BCUT2D eigenvalue weighted by atomic mass is 16.5. The van der Waals surface area contributed by atoms with Gasteiger partial charge in [0.25, 0.3) is 0 Å². The molecule has 0 fully saturated rings. The van der Waals surface area contributed by atoms with Crippen molar-refractivity contribution < 1.29 is 19.4 Å². The molecular weight excluding hydrogens is 258 g/mol. The van der Waals surface area contributed by atoms with Crippen molar-refractivity contribution in [1.82, 2.24) is 0 Å². The quantitative estimate of drug-likeness (QED) is 0.893. The lowest BCUT2D eigenvalue weighted by atomic mass is 10.1. The Balaban J connectivity index is 2.11. The number of carboxylic acids is 1. The number of carbonyl (C=O) groups excluding carboxylic acids is 1. The van der Waals surface area contributed by atoms with E-state index < -0.39 is 5.97 Å². The predicted molar refractivity (Wildman–Crippen MR) is 75.1 cm³/mol. The molecule has 0 radical (unpaired) electrons. The Morgan fingerprint density at radius 1 is 1.45 bits per heavy atom. The van der Waals surface area contributed by atoms with Crippen LogP contribution in [0, 0.1) is 5.92 Å². The summed E-state index contributed by atoms with van der Waals surface area (Å²) in [6.07, 6.45) is 1.15. The van der Waals surface area contributed by atoms with Crippen LogP contribution >= 0.6 is 0 Å². The van der Waals surface area contributed by atoms with Gasteiger partial charge in [-0.05, 0) is 36.1 Å². The summed E-state index contributed by atoms with van der Waals surface area (Å²) in [5.41, 5.74) is 2.04. The van der Waals surface area contributed by atoms with Gasteiger partial charge < -0.3 is 14.7 Å². The van der Waals surface area contributed by atoms with Crippen LogP contribution in [0.3, 0.4) is 0 Å². The van der Waals surface area contributed by atoms with Crippen LogP contribution in [0.25, 0.3) is 0 Å². The summed E-state index contributed by atoms with van der Waals surface area (Å²) in [4.78, 5) is 24.9. The van der Waals surface area contributed by atoms with E-state index in [2.05, 4.69) is 0 Å². The first-order valence-electron chi connectivity index (χ1n) is 6.68. The molecule has 5 nitrogen and oxygen atoms in total. The number of aromatic carboxylic acids is 1. The number of nitrogens with zero attached hydrogens (tertiary/aromatic N) is 1. The molecule has 2 rings (SSSR count). The molecule has 0 saturated heterocycles. The van der Waals surface area contributed by atoms with Gasteiger partial charge in [-0.25, -0.2) is 4.79 Å². The van der Waals surface area contributed by atoms with Crippen molar-refractivity contribution in [2.24, 2.45) is 5.92 Å². The molecule has 1 aromatic carbocycles. The molecule has 1 aliphatic heterocycles. The molecule has 0 spiro atoms. The van der Waals surface area contributed by atoms with E-state index in [1.807, 2.05) is 6.92 Å². The van der Waals surface area contributed by atoms with E-state index in [1.165, 1.54) is 0 Å². The number of rotatable bonds is 5. The van der Waals surface area contributed by atoms with Gasteiger partial charge in [-0.2, -0.15) is 0 Å². The van der Waals surface area contributed by atoms with E-state index in [-0.39, 0.29) is 17.4 Å². The van der Waals surface area contributed by atoms with Gasteiger partial charge in [0, 0.05) is 32.4 Å². The summed E-state index contributed by atoms with van der Waals surface area (Å²) in [6.45, 7) is 3.16. The van der Waals surface area contributed by atoms with E-state index in [4.69, 9.17) is 9.84 Å². The first-order chi connectivity index (χ1) is 9.52. The van der Waals surface area contributed by atoms with Crippen molar-refractivity contribution in [2.75, 3.05) is 25.2 Å². The van der Waals surface area contributed by atoms with Crippen LogP contribution in [-0.2, 0) is 16.0 Å². The van der Waals surface area contributed by atoms with Crippen molar-refractivity contribution >= 4 is 17.6 Å². The van der Waals surface area contributed by atoms with Crippen LogP contribution < -0.4 is 4.90 Å². The van der Waals surface area contributed by atoms with Crippen molar-refractivity contribution in [3.63, 3.8) is 0 Å². The number of amides is 1.